The van der Waals surface area contributed by atoms with E-state index in [0.29, 0.717) is 5.82 Å². The minimum Gasteiger partial charge on any atom is -0.324 e. The lowest BCUT2D eigenvalue weighted by atomic mass is 10.1. The molecule has 2 rings (SSSR count). The lowest BCUT2D eigenvalue weighted by molar-refractivity contribution is 0.553. The fraction of sp³-hybridized carbons (Fsp3) is 0.385. The molecule has 114 valence electrons. The molecule has 2 unspecified atom stereocenters. The Hall–Kier alpha value is -1.77. The van der Waals surface area contributed by atoms with Crippen molar-refractivity contribution in [2.24, 2.45) is 12.8 Å². The molecule has 8 heteroatoms. The van der Waals surface area contributed by atoms with E-state index < -0.39 is 16.1 Å². The first-order valence-electron chi connectivity index (χ1n) is 6.53. The summed E-state index contributed by atoms with van der Waals surface area (Å²) in [6.07, 6.45) is 1.52. The van der Waals surface area contributed by atoms with E-state index in [9.17, 15) is 8.42 Å². The summed E-state index contributed by atoms with van der Waals surface area (Å²) < 4.78 is 29.1. The number of nitrogens with zero attached hydrogens (tertiary/aromatic N) is 3. The molecule has 0 amide bonds. The van der Waals surface area contributed by atoms with Crippen LogP contribution in [0.15, 0.2) is 35.5 Å². The normalized spacial score (nSPS) is 14.9. The van der Waals surface area contributed by atoms with Crippen LogP contribution in [-0.4, -0.2) is 23.2 Å². The second kappa shape index (κ2) is 5.92. The number of benzene rings is 1. The Morgan fingerprint density at radius 2 is 2.05 bits per heavy atom. The van der Waals surface area contributed by atoms with Gasteiger partial charge in [0, 0.05) is 13.1 Å². The first-order valence-corrected chi connectivity index (χ1v) is 8.01. The molecule has 3 N–H and O–H groups in total. The average molecular weight is 309 g/mol. The number of aryl methyl sites for hydroxylation is 1. The summed E-state index contributed by atoms with van der Waals surface area (Å²) in [7, 11) is -1.88. The van der Waals surface area contributed by atoms with Crippen molar-refractivity contribution in [3.63, 3.8) is 0 Å². The minimum atomic E-state index is -3.64. The molecule has 7 nitrogen and oxygen atoms in total. The number of hydrogen-bond donors (Lipinski definition) is 2. The van der Waals surface area contributed by atoms with Gasteiger partial charge in [-0.25, -0.2) is 13.1 Å². The molecule has 0 aliphatic carbocycles. The quantitative estimate of drug-likeness (QED) is 0.853. The molecule has 2 aromatic rings. The van der Waals surface area contributed by atoms with Crippen molar-refractivity contribution in [3.05, 3.63) is 42.0 Å². The van der Waals surface area contributed by atoms with E-state index >= 15 is 0 Å². The maximum atomic E-state index is 12.4. The second-order valence-electron chi connectivity index (χ2n) is 5.00. The van der Waals surface area contributed by atoms with Crippen LogP contribution in [0.5, 0.6) is 0 Å². The molecule has 0 saturated carbocycles. The Morgan fingerprint density at radius 3 is 2.62 bits per heavy atom. The maximum absolute atomic E-state index is 12.4. The molecule has 1 aromatic heterocycles. The molecule has 0 aliphatic heterocycles. The number of rotatable bonds is 5. The van der Waals surface area contributed by atoms with E-state index in [2.05, 4.69) is 14.9 Å². The van der Waals surface area contributed by atoms with Crippen LogP contribution in [0, 0.1) is 0 Å². The number of nitrogens with one attached hydrogen (secondary N) is 1. The minimum absolute atomic E-state index is 0.186. The molecule has 21 heavy (non-hydrogen) atoms. The van der Waals surface area contributed by atoms with Crippen LogP contribution in [0.1, 0.15) is 37.3 Å². The van der Waals surface area contributed by atoms with E-state index in [1.165, 1.54) is 12.4 Å². The van der Waals surface area contributed by atoms with Crippen LogP contribution in [0.3, 0.4) is 0 Å². The van der Waals surface area contributed by atoms with Crippen LogP contribution in [-0.2, 0) is 17.1 Å². The first kappa shape index (κ1) is 15.6. The zero-order valence-electron chi connectivity index (χ0n) is 12.2. The van der Waals surface area contributed by atoms with Gasteiger partial charge in [0.1, 0.15) is 12.2 Å². The van der Waals surface area contributed by atoms with Crippen LogP contribution in [0.2, 0.25) is 0 Å². The molecule has 0 bridgehead atoms. The van der Waals surface area contributed by atoms with Gasteiger partial charge in [-0.05, 0) is 31.5 Å². The van der Waals surface area contributed by atoms with Crippen LogP contribution >= 0.6 is 0 Å². The predicted octanol–water partition coefficient (Wildman–Crippen LogP) is 0.874. The van der Waals surface area contributed by atoms with E-state index in [0.717, 1.165) is 5.56 Å². The lowest BCUT2D eigenvalue weighted by Gasteiger charge is -2.14. The summed E-state index contributed by atoms with van der Waals surface area (Å²) in [5, 5.41) is 7.65. The number of aromatic nitrogens is 3. The lowest BCUT2D eigenvalue weighted by Crippen LogP contribution is -2.28. The highest BCUT2D eigenvalue weighted by Crippen LogP contribution is 2.18. The van der Waals surface area contributed by atoms with E-state index in [1.807, 2.05) is 0 Å². The first-order chi connectivity index (χ1) is 9.81. The SMILES string of the molecule is CC(N)c1cccc(S(=O)(=O)NC(C)c2nncn2C)c1. The number of nitrogens with two attached hydrogens (primary N) is 1. The van der Waals surface area contributed by atoms with Crippen molar-refractivity contribution < 1.29 is 8.42 Å². The monoisotopic (exact) mass is 309 g/mol. The standard InChI is InChI=1S/C13H19N5O2S/c1-9(14)11-5-4-6-12(7-11)21(19,20)17-10(2)13-16-15-8-18(13)3/h4-10,17H,14H2,1-3H3. The molecule has 2 atom stereocenters. The summed E-state index contributed by atoms with van der Waals surface area (Å²) in [6, 6.07) is 5.89. The Morgan fingerprint density at radius 1 is 1.33 bits per heavy atom. The van der Waals surface area contributed by atoms with Gasteiger partial charge in [-0.3, -0.25) is 0 Å². The topological polar surface area (TPSA) is 103 Å². The molecule has 1 aromatic carbocycles. The Balaban J connectivity index is 2.26. The molecular weight excluding hydrogens is 290 g/mol. The third kappa shape index (κ3) is 3.46. The molecule has 0 saturated heterocycles. The Bertz CT molecular complexity index is 724. The van der Waals surface area contributed by atoms with Crippen molar-refractivity contribution in [1.29, 1.82) is 0 Å². The van der Waals surface area contributed by atoms with Gasteiger partial charge in [0.15, 0.2) is 0 Å². The largest absolute Gasteiger partial charge is 0.324 e. The highest BCUT2D eigenvalue weighted by Gasteiger charge is 2.21. The fourth-order valence-electron chi connectivity index (χ4n) is 2.00. The highest BCUT2D eigenvalue weighted by molar-refractivity contribution is 7.89. The van der Waals surface area contributed by atoms with Gasteiger partial charge in [-0.1, -0.05) is 12.1 Å². The summed E-state index contributed by atoms with van der Waals surface area (Å²) >= 11 is 0. The van der Waals surface area contributed by atoms with Crippen LogP contribution in [0.4, 0.5) is 0 Å². The Labute approximate surface area is 124 Å². The summed E-state index contributed by atoms with van der Waals surface area (Å²) in [4.78, 5) is 0.186. The smallest absolute Gasteiger partial charge is 0.241 e. The highest BCUT2D eigenvalue weighted by atomic mass is 32.2. The van der Waals surface area contributed by atoms with Crippen molar-refractivity contribution in [2.45, 2.75) is 30.8 Å². The van der Waals surface area contributed by atoms with Crippen molar-refractivity contribution in [2.75, 3.05) is 0 Å². The fourth-order valence-corrected chi connectivity index (χ4v) is 3.26. The summed E-state index contributed by atoms with van der Waals surface area (Å²) in [6.45, 7) is 3.53. The third-order valence-corrected chi connectivity index (χ3v) is 4.70. The van der Waals surface area contributed by atoms with E-state index in [-0.39, 0.29) is 10.9 Å². The van der Waals surface area contributed by atoms with Gasteiger partial charge >= 0.3 is 0 Å². The predicted molar refractivity (Wildman–Crippen MR) is 78.8 cm³/mol. The Kier molecular flexibility index (Phi) is 4.40. The zero-order chi connectivity index (χ0) is 15.6. The molecule has 0 radical (unpaired) electrons. The average Bonchev–Trinajstić information content (AvgIpc) is 2.85. The molecule has 0 spiro atoms. The van der Waals surface area contributed by atoms with Crippen LogP contribution in [0.25, 0.3) is 0 Å². The molecule has 1 heterocycles. The summed E-state index contributed by atoms with van der Waals surface area (Å²) in [5.74, 6) is 0.543. The molecular formula is C13H19N5O2S. The van der Waals surface area contributed by atoms with Gasteiger partial charge in [0.2, 0.25) is 10.0 Å². The van der Waals surface area contributed by atoms with Gasteiger partial charge in [0.25, 0.3) is 0 Å². The van der Waals surface area contributed by atoms with Gasteiger partial charge in [0.05, 0.1) is 10.9 Å². The molecule has 0 fully saturated rings. The number of sulfonamides is 1. The zero-order valence-corrected chi connectivity index (χ0v) is 13.0. The van der Waals surface area contributed by atoms with E-state index in [4.69, 9.17) is 5.73 Å². The van der Waals surface area contributed by atoms with Gasteiger partial charge in [-0.2, -0.15) is 0 Å². The van der Waals surface area contributed by atoms with Crippen LogP contribution < -0.4 is 10.5 Å². The van der Waals surface area contributed by atoms with Gasteiger partial charge < -0.3 is 10.3 Å². The maximum Gasteiger partial charge on any atom is 0.241 e. The van der Waals surface area contributed by atoms with Gasteiger partial charge in [-0.15, -0.1) is 10.2 Å². The van der Waals surface area contributed by atoms with Crippen molar-refractivity contribution in [1.82, 2.24) is 19.5 Å². The van der Waals surface area contributed by atoms with Crippen molar-refractivity contribution >= 4 is 10.0 Å². The second-order valence-corrected chi connectivity index (χ2v) is 6.72. The number of hydrogen-bond acceptors (Lipinski definition) is 5. The third-order valence-electron chi connectivity index (χ3n) is 3.16. The van der Waals surface area contributed by atoms with Crippen molar-refractivity contribution in [3.8, 4) is 0 Å². The molecule has 0 aliphatic rings. The van der Waals surface area contributed by atoms with E-state index in [1.54, 1.807) is 43.7 Å². The summed E-state index contributed by atoms with van der Waals surface area (Å²) in [5.41, 5.74) is 6.56.